The molecule has 0 aliphatic carbocycles. The molecule has 0 bridgehead atoms. The van der Waals surface area contributed by atoms with E-state index in [1.807, 2.05) is 6.92 Å². The number of halogens is 1. The Kier molecular flexibility index (Phi) is 4.57. The average molecular weight is 254 g/mol. The Bertz CT molecular complexity index is 419. The molecule has 0 aliphatic rings. The maximum atomic E-state index is 12.7. The van der Waals surface area contributed by atoms with Gasteiger partial charge < -0.3 is 10.6 Å². The standard InChI is InChI=1S/C12H15FN2OS/c1-8(7-11(14)17)15(2)12(16)9-3-5-10(13)6-4-9/h3-6,8H,7H2,1-2H3,(H2,14,17). The van der Waals surface area contributed by atoms with Crippen molar-refractivity contribution in [3.05, 3.63) is 35.6 Å². The first-order chi connectivity index (χ1) is 7.91. The maximum absolute atomic E-state index is 12.7. The summed E-state index contributed by atoms with van der Waals surface area (Å²) >= 11 is 4.80. The largest absolute Gasteiger partial charge is 0.393 e. The van der Waals surface area contributed by atoms with Gasteiger partial charge in [0.1, 0.15) is 5.82 Å². The van der Waals surface area contributed by atoms with E-state index in [0.29, 0.717) is 17.0 Å². The number of hydrogen-bond donors (Lipinski definition) is 1. The highest BCUT2D eigenvalue weighted by Gasteiger charge is 2.17. The smallest absolute Gasteiger partial charge is 0.253 e. The van der Waals surface area contributed by atoms with Crippen LogP contribution >= 0.6 is 12.2 Å². The van der Waals surface area contributed by atoms with Crippen molar-refractivity contribution in [1.82, 2.24) is 4.90 Å². The second kappa shape index (κ2) is 5.72. The van der Waals surface area contributed by atoms with Crippen LogP contribution in [0.15, 0.2) is 24.3 Å². The lowest BCUT2D eigenvalue weighted by molar-refractivity contribution is 0.0748. The van der Waals surface area contributed by atoms with Crippen LogP contribution in [-0.4, -0.2) is 28.9 Å². The Hall–Kier alpha value is -1.49. The van der Waals surface area contributed by atoms with Crippen molar-refractivity contribution < 1.29 is 9.18 Å². The summed E-state index contributed by atoms with van der Waals surface area (Å²) in [7, 11) is 1.68. The van der Waals surface area contributed by atoms with Gasteiger partial charge in [-0.1, -0.05) is 12.2 Å². The fraction of sp³-hybridized carbons (Fsp3) is 0.333. The molecule has 0 aromatic heterocycles. The van der Waals surface area contributed by atoms with Crippen LogP contribution in [0.2, 0.25) is 0 Å². The molecule has 5 heteroatoms. The van der Waals surface area contributed by atoms with E-state index in [1.165, 1.54) is 24.3 Å². The average Bonchev–Trinajstić information content (AvgIpc) is 2.27. The van der Waals surface area contributed by atoms with E-state index in [0.717, 1.165) is 0 Å². The van der Waals surface area contributed by atoms with Gasteiger partial charge in [-0.3, -0.25) is 4.79 Å². The van der Waals surface area contributed by atoms with Crippen LogP contribution < -0.4 is 5.73 Å². The minimum absolute atomic E-state index is 0.0787. The summed E-state index contributed by atoms with van der Waals surface area (Å²) in [5.41, 5.74) is 5.88. The normalized spacial score (nSPS) is 11.9. The van der Waals surface area contributed by atoms with Crippen LogP contribution in [0, 0.1) is 5.82 Å². The van der Waals surface area contributed by atoms with Crippen molar-refractivity contribution in [2.75, 3.05) is 7.05 Å². The number of amides is 1. The van der Waals surface area contributed by atoms with E-state index in [-0.39, 0.29) is 17.8 Å². The van der Waals surface area contributed by atoms with Crippen molar-refractivity contribution in [1.29, 1.82) is 0 Å². The van der Waals surface area contributed by atoms with Crippen molar-refractivity contribution in [3.8, 4) is 0 Å². The van der Waals surface area contributed by atoms with Crippen LogP contribution in [0.3, 0.4) is 0 Å². The summed E-state index contributed by atoms with van der Waals surface area (Å²) < 4.78 is 12.7. The third-order valence-electron chi connectivity index (χ3n) is 2.57. The molecule has 1 atom stereocenters. The molecule has 17 heavy (non-hydrogen) atoms. The van der Waals surface area contributed by atoms with Gasteiger partial charge in [0.2, 0.25) is 0 Å². The SMILES string of the molecule is CC(CC(N)=S)N(C)C(=O)c1ccc(F)cc1. The highest BCUT2D eigenvalue weighted by Crippen LogP contribution is 2.10. The van der Waals surface area contributed by atoms with Gasteiger partial charge in [-0.2, -0.15) is 0 Å². The molecule has 0 fully saturated rings. The van der Waals surface area contributed by atoms with Gasteiger partial charge in [-0.15, -0.1) is 0 Å². The molecule has 1 aromatic rings. The van der Waals surface area contributed by atoms with E-state index in [2.05, 4.69) is 0 Å². The number of nitrogens with zero attached hydrogens (tertiary/aromatic N) is 1. The molecule has 0 saturated carbocycles. The maximum Gasteiger partial charge on any atom is 0.253 e. The third kappa shape index (κ3) is 3.78. The molecule has 0 aliphatic heterocycles. The highest BCUT2D eigenvalue weighted by molar-refractivity contribution is 7.80. The summed E-state index contributed by atoms with van der Waals surface area (Å²) in [6.45, 7) is 1.86. The van der Waals surface area contributed by atoms with Gasteiger partial charge in [-0.25, -0.2) is 4.39 Å². The van der Waals surface area contributed by atoms with Crippen molar-refractivity contribution in [3.63, 3.8) is 0 Å². The summed E-state index contributed by atoms with van der Waals surface area (Å²) in [6, 6.07) is 5.37. The lowest BCUT2D eigenvalue weighted by Crippen LogP contribution is -2.37. The summed E-state index contributed by atoms with van der Waals surface area (Å²) in [6.07, 6.45) is 0.471. The molecule has 92 valence electrons. The topological polar surface area (TPSA) is 46.3 Å². The van der Waals surface area contributed by atoms with Gasteiger partial charge in [0.25, 0.3) is 5.91 Å². The lowest BCUT2D eigenvalue weighted by atomic mass is 10.1. The zero-order chi connectivity index (χ0) is 13.0. The zero-order valence-corrected chi connectivity index (χ0v) is 10.6. The highest BCUT2D eigenvalue weighted by atomic mass is 32.1. The first-order valence-electron chi connectivity index (χ1n) is 5.23. The summed E-state index contributed by atoms with van der Waals surface area (Å²) in [4.78, 5) is 13.9. The fourth-order valence-corrected chi connectivity index (χ4v) is 1.67. The van der Waals surface area contributed by atoms with Crippen LogP contribution in [0.1, 0.15) is 23.7 Å². The Morgan fingerprint density at radius 2 is 2.00 bits per heavy atom. The van der Waals surface area contributed by atoms with Gasteiger partial charge in [0.15, 0.2) is 0 Å². The van der Waals surface area contributed by atoms with Crippen molar-refractivity contribution >= 4 is 23.1 Å². The molecule has 0 radical (unpaired) electrons. The Morgan fingerprint density at radius 3 is 2.47 bits per heavy atom. The predicted molar refractivity (Wildman–Crippen MR) is 69.4 cm³/mol. The van der Waals surface area contributed by atoms with Gasteiger partial charge in [-0.05, 0) is 31.2 Å². The quantitative estimate of drug-likeness (QED) is 0.836. The number of carbonyl (C=O) groups is 1. The van der Waals surface area contributed by atoms with Crippen molar-refractivity contribution in [2.45, 2.75) is 19.4 Å². The molecule has 1 rings (SSSR count). The molecule has 3 nitrogen and oxygen atoms in total. The van der Waals surface area contributed by atoms with Gasteiger partial charge in [0.05, 0.1) is 4.99 Å². The predicted octanol–water partition coefficient (Wildman–Crippen LogP) is 1.96. The minimum atomic E-state index is -0.361. The first-order valence-corrected chi connectivity index (χ1v) is 5.63. The zero-order valence-electron chi connectivity index (χ0n) is 9.81. The Balaban J connectivity index is 2.75. The van der Waals surface area contributed by atoms with E-state index in [9.17, 15) is 9.18 Å². The molecule has 1 aromatic carbocycles. The third-order valence-corrected chi connectivity index (χ3v) is 2.74. The van der Waals surface area contributed by atoms with E-state index >= 15 is 0 Å². The van der Waals surface area contributed by atoms with Crippen LogP contribution in [0.4, 0.5) is 4.39 Å². The van der Waals surface area contributed by atoms with Crippen LogP contribution in [0.5, 0.6) is 0 Å². The fourth-order valence-electron chi connectivity index (χ4n) is 1.42. The molecule has 0 saturated heterocycles. The van der Waals surface area contributed by atoms with Crippen LogP contribution in [0.25, 0.3) is 0 Å². The molecule has 1 amide bonds. The van der Waals surface area contributed by atoms with E-state index < -0.39 is 0 Å². The number of rotatable bonds is 4. The first kappa shape index (κ1) is 13.6. The molecular weight excluding hydrogens is 239 g/mol. The van der Waals surface area contributed by atoms with Gasteiger partial charge >= 0.3 is 0 Å². The molecule has 2 N–H and O–H groups in total. The Morgan fingerprint density at radius 1 is 1.47 bits per heavy atom. The lowest BCUT2D eigenvalue weighted by Gasteiger charge is -2.24. The monoisotopic (exact) mass is 254 g/mol. The number of benzene rings is 1. The van der Waals surface area contributed by atoms with Gasteiger partial charge in [0, 0.05) is 25.1 Å². The molecule has 1 unspecified atom stereocenters. The number of thiocarbonyl (C=S) groups is 1. The molecule has 0 heterocycles. The molecule has 0 spiro atoms. The summed E-state index contributed by atoms with van der Waals surface area (Å²) in [5, 5.41) is 0. The van der Waals surface area contributed by atoms with E-state index in [1.54, 1.807) is 11.9 Å². The summed E-state index contributed by atoms with van der Waals surface area (Å²) in [5.74, 6) is -0.533. The second-order valence-corrected chi connectivity index (χ2v) is 4.47. The number of nitrogens with two attached hydrogens (primary N) is 1. The number of carbonyl (C=O) groups excluding carboxylic acids is 1. The minimum Gasteiger partial charge on any atom is -0.393 e. The second-order valence-electron chi connectivity index (χ2n) is 3.94. The van der Waals surface area contributed by atoms with E-state index in [4.69, 9.17) is 18.0 Å². The molecular formula is C12H15FN2OS. The Labute approximate surface area is 105 Å². The van der Waals surface area contributed by atoms with Crippen molar-refractivity contribution in [2.24, 2.45) is 5.73 Å². The van der Waals surface area contributed by atoms with Crippen LogP contribution in [-0.2, 0) is 0 Å². The number of hydrogen-bond acceptors (Lipinski definition) is 2.